The third kappa shape index (κ3) is 5.50. The molecule has 140 valence electrons. The number of sulfone groups is 1. The molecule has 2 aromatic carbocycles. The van der Waals surface area contributed by atoms with Crippen LogP contribution in [-0.2, 0) is 14.6 Å². The van der Waals surface area contributed by atoms with Crippen LogP contribution in [0.15, 0.2) is 59.5 Å². The summed E-state index contributed by atoms with van der Waals surface area (Å²) >= 11 is -0.399. The number of rotatable bonds is 6. The van der Waals surface area contributed by atoms with E-state index >= 15 is 0 Å². The summed E-state index contributed by atoms with van der Waals surface area (Å²) in [6, 6.07) is 12.5. The molecule has 2 aromatic rings. The van der Waals surface area contributed by atoms with E-state index < -0.39 is 44.1 Å². The minimum absolute atomic E-state index is 0.0426. The van der Waals surface area contributed by atoms with Crippen LogP contribution in [0.1, 0.15) is 21.2 Å². The second-order valence-electron chi connectivity index (χ2n) is 5.26. The molecule has 0 saturated carbocycles. The Balaban J connectivity index is 2.33. The molecule has 0 aliphatic rings. The van der Waals surface area contributed by atoms with Crippen molar-refractivity contribution < 1.29 is 31.1 Å². The molecular formula is C17H15F3O4S2. The Morgan fingerprint density at radius 1 is 1.08 bits per heavy atom. The van der Waals surface area contributed by atoms with Crippen LogP contribution in [0.2, 0.25) is 0 Å². The summed E-state index contributed by atoms with van der Waals surface area (Å²) in [5, 5.41) is -1.37. The molecule has 4 nitrogen and oxygen atoms in total. The number of esters is 1. The van der Waals surface area contributed by atoms with Crippen molar-refractivity contribution in [3.63, 3.8) is 0 Å². The maximum Gasteiger partial charge on any atom is 0.442 e. The fourth-order valence-electron chi connectivity index (χ4n) is 2.23. The number of hydrogen-bond acceptors (Lipinski definition) is 5. The van der Waals surface area contributed by atoms with Gasteiger partial charge in [-0.2, -0.15) is 13.2 Å². The summed E-state index contributed by atoms with van der Waals surface area (Å²) < 4.78 is 68.2. The zero-order valence-electron chi connectivity index (χ0n) is 13.6. The number of thioether (sulfide) groups is 1. The molecule has 2 rings (SSSR count). The Morgan fingerprint density at radius 3 is 2.15 bits per heavy atom. The number of ether oxygens (including phenoxy) is 1. The number of benzene rings is 2. The van der Waals surface area contributed by atoms with Gasteiger partial charge in [-0.15, -0.1) is 0 Å². The van der Waals surface area contributed by atoms with E-state index in [0.29, 0.717) is 0 Å². The maximum absolute atomic E-state index is 12.9. The first-order valence-corrected chi connectivity index (χ1v) is 9.86. The summed E-state index contributed by atoms with van der Waals surface area (Å²) in [5.74, 6) is -1.35. The zero-order valence-corrected chi connectivity index (χ0v) is 15.2. The molecule has 0 aliphatic heterocycles. The van der Waals surface area contributed by atoms with Gasteiger partial charge in [0.15, 0.2) is 9.84 Å². The van der Waals surface area contributed by atoms with Crippen LogP contribution < -0.4 is 0 Å². The van der Waals surface area contributed by atoms with Crippen LogP contribution in [0.4, 0.5) is 13.2 Å². The average molecular weight is 404 g/mol. The first-order chi connectivity index (χ1) is 12.1. The molecule has 0 radical (unpaired) electrons. The van der Waals surface area contributed by atoms with Crippen molar-refractivity contribution in [1.82, 2.24) is 0 Å². The van der Waals surface area contributed by atoms with Crippen LogP contribution in [-0.4, -0.2) is 32.8 Å². The van der Waals surface area contributed by atoms with E-state index in [2.05, 4.69) is 4.74 Å². The summed E-state index contributed by atoms with van der Waals surface area (Å²) in [7, 11) is -2.74. The third-order valence-corrected chi connectivity index (χ3v) is 6.42. The van der Waals surface area contributed by atoms with E-state index in [0.717, 1.165) is 0 Å². The van der Waals surface area contributed by atoms with Crippen LogP contribution in [0, 0.1) is 0 Å². The van der Waals surface area contributed by atoms with E-state index in [1.165, 1.54) is 55.6 Å². The number of carbonyl (C=O) groups is 1. The Labute approximate surface area is 153 Å². The van der Waals surface area contributed by atoms with Crippen molar-refractivity contribution in [2.75, 3.05) is 12.9 Å². The Hall–Kier alpha value is -2.00. The lowest BCUT2D eigenvalue weighted by Gasteiger charge is -2.19. The summed E-state index contributed by atoms with van der Waals surface area (Å²) in [4.78, 5) is 11.4. The van der Waals surface area contributed by atoms with Gasteiger partial charge >= 0.3 is 11.5 Å². The highest BCUT2D eigenvalue weighted by molar-refractivity contribution is 8.01. The van der Waals surface area contributed by atoms with Gasteiger partial charge in [0.1, 0.15) is 0 Å². The normalized spacial score (nSPS) is 13.2. The number of alkyl halides is 3. The fraction of sp³-hybridized carbons (Fsp3) is 0.235. The van der Waals surface area contributed by atoms with Crippen molar-refractivity contribution in [3.05, 3.63) is 65.7 Å². The SMILES string of the molecule is COC(=O)c1ccc(C(CS(=O)(=O)c2ccccc2)SC(F)(F)F)cc1. The second-order valence-corrected chi connectivity index (χ2v) is 8.56. The summed E-state index contributed by atoms with van der Waals surface area (Å²) in [5.41, 5.74) is -4.30. The maximum atomic E-state index is 12.9. The summed E-state index contributed by atoms with van der Waals surface area (Å²) in [6.45, 7) is 0. The second kappa shape index (κ2) is 8.13. The molecule has 1 atom stereocenters. The lowest BCUT2D eigenvalue weighted by molar-refractivity contribution is -0.0333. The predicted molar refractivity (Wildman–Crippen MR) is 92.7 cm³/mol. The molecule has 0 fully saturated rings. The first-order valence-electron chi connectivity index (χ1n) is 7.33. The topological polar surface area (TPSA) is 60.4 Å². The third-order valence-electron chi connectivity index (χ3n) is 3.45. The number of hydrogen-bond donors (Lipinski definition) is 0. The molecule has 9 heteroatoms. The standard InChI is InChI=1S/C17H15F3O4S2/c1-24-16(21)13-9-7-12(8-10-13)15(25-17(18,19)20)11-26(22,23)14-5-3-2-4-6-14/h2-10,15H,11H2,1H3. The van der Waals surface area contributed by atoms with Gasteiger partial charge in [0.05, 0.1) is 28.6 Å². The van der Waals surface area contributed by atoms with Gasteiger partial charge in [0.25, 0.3) is 0 Å². The monoisotopic (exact) mass is 404 g/mol. The predicted octanol–water partition coefficient (Wildman–Crippen LogP) is 4.24. The van der Waals surface area contributed by atoms with Crippen LogP contribution in [0.25, 0.3) is 0 Å². The zero-order chi connectivity index (χ0) is 19.4. The number of carbonyl (C=O) groups excluding carboxylic acids is 1. The van der Waals surface area contributed by atoms with Crippen LogP contribution >= 0.6 is 11.8 Å². The van der Waals surface area contributed by atoms with Crippen molar-refractivity contribution in [2.24, 2.45) is 0 Å². The van der Waals surface area contributed by atoms with Crippen LogP contribution in [0.3, 0.4) is 0 Å². The highest BCUT2D eigenvalue weighted by Gasteiger charge is 2.36. The smallest absolute Gasteiger partial charge is 0.442 e. The quantitative estimate of drug-likeness (QED) is 0.674. The molecule has 0 aromatic heterocycles. The molecular weight excluding hydrogens is 389 g/mol. The van der Waals surface area contributed by atoms with Gasteiger partial charge in [-0.05, 0) is 41.6 Å². The molecule has 0 aliphatic carbocycles. The van der Waals surface area contributed by atoms with Crippen molar-refractivity contribution in [2.45, 2.75) is 15.7 Å². The van der Waals surface area contributed by atoms with E-state index in [1.54, 1.807) is 6.07 Å². The van der Waals surface area contributed by atoms with E-state index in [4.69, 9.17) is 0 Å². The Kier molecular flexibility index (Phi) is 6.35. The van der Waals surface area contributed by atoms with E-state index in [1.807, 2.05) is 0 Å². The lowest BCUT2D eigenvalue weighted by atomic mass is 10.1. The minimum atomic E-state index is -4.61. The Bertz CT molecular complexity index is 848. The molecule has 1 unspecified atom stereocenters. The molecule has 0 heterocycles. The minimum Gasteiger partial charge on any atom is -0.465 e. The van der Waals surface area contributed by atoms with Crippen molar-refractivity contribution in [1.29, 1.82) is 0 Å². The summed E-state index contributed by atoms with van der Waals surface area (Å²) in [6.07, 6.45) is 0. The number of halogens is 3. The van der Waals surface area contributed by atoms with Crippen molar-refractivity contribution >= 4 is 27.6 Å². The molecule has 0 bridgehead atoms. The molecule has 26 heavy (non-hydrogen) atoms. The van der Waals surface area contributed by atoms with Gasteiger partial charge in [-0.3, -0.25) is 0 Å². The van der Waals surface area contributed by atoms with Gasteiger partial charge in [-0.1, -0.05) is 30.3 Å². The molecule has 0 N–H and O–H groups in total. The van der Waals surface area contributed by atoms with E-state index in [-0.39, 0.29) is 16.0 Å². The fourth-order valence-corrected chi connectivity index (χ4v) is 5.02. The van der Waals surface area contributed by atoms with Crippen molar-refractivity contribution in [3.8, 4) is 0 Å². The van der Waals surface area contributed by atoms with Gasteiger partial charge in [0, 0.05) is 0 Å². The molecule has 0 saturated heterocycles. The Morgan fingerprint density at radius 2 is 1.65 bits per heavy atom. The average Bonchev–Trinajstić information content (AvgIpc) is 2.60. The van der Waals surface area contributed by atoms with Gasteiger partial charge in [0.2, 0.25) is 0 Å². The molecule has 0 spiro atoms. The molecule has 0 amide bonds. The lowest BCUT2D eigenvalue weighted by Crippen LogP contribution is -2.17. The largest absolute Gasteiger partial charge is 0.465 e. The van der Waals surface area contributed by atoms with Gasteiger partial charge < -0.3 is 4.74 Å². The van der Waals surface area contributed by atoms with Gasteiger partial charge in [-0.25, -0.2) is 13.2 Å². The first kappa shape index (κ1) is 20.3. The highest BCUT2D eigenvalue weighted by atomic mass is 32.2. The highest BCUT2D eigenvalue weighted by Crippen LogP contribution is 2.43. The number of methoxy groups -OCH3 is 1. The van der Waals surface area contributed by atoms with E-state index in [9.17, 15) is 26.4 Å². The van der Waals surface area contributed by atoms with Crippen LogP contribution in [0.5, 0.6) is 0 Å².